The van der Waals surface area contributed by atoms with Crippen LogP contribution in [0.15, 0.2) is 55.0 Å². The Morgan fingerprint density at radius 1 is 1.02 bits per heavy atom. The number of benzene rings is 2. The van der Waals surface area contributed by atoms with Gasteiger partial charge in [0.15, 0.2) is 0 Å². The zero-order chi connectivity index (χ0) is 32.3. The molecule has 244 valence electrons. The Labute approximate surface area is 272 Å². The lowest BCUT2D eigenvalue weighted by molar-refractivity contribution is 0.150. The first-order valence-electron chi connectivity index (χ1n) is 16.2. The molecule has 4 heterocycles. The van der Waals surface area contributed by atoms with Gasteiger partial charge in [-0.05, 0) is 56.4 Å². The van der Waals surface area contributed by atoms with Crippen molar-refractivity contribution >= 4 is 41.3 Å². The Balaban J connectivity index is 1.28. The van der Waals surface area contributed by atoms with Crippen molar-refractivity contribution in [3.63, 3.8) is 0 Å². The Kier molecular flexibility index (Phi) is 9.63. The van der Waals surface area contributed by atoms with Crippen LogP contribution in [-0.4, -0.2) is 90.4 Å². The van der Waals surface area contributed by atoms with E-state index in [1.807, 2.05) is 37.5 Å². The summed E-state index contributed by atoms with van der Waals surface area (Å²) in [7, 11) is 1.03. The van der Waals surface area contributed by atoms with E-state index in [0.717, 1.165) is 79.2 Å². The van der Waals surface area contributed by atoms with Crippen LogP contribution in [0.4, 0.5) is 28.8 Å². The minimum absolute atomic E-state index is 0.425. The van der Waals surface area contributed by atoms with Gasteiger partial charge in [0, 0.05) is 92.9 Å². The van der Waals surface area contributed by atoms with Crippen molar-refractivity contribution in [2.75, 3.05) is 75.2 Å². The molecule has 0 spiro atoms. The van der Waals surface area contributed by atoms with Gasteiger partial charge in [0.25, 0.3) is 0 Å². The maximum atomic E-state index is 13.1. The summed E-state index contributed by atoms with van der Waals surface area (Å²) in [6.45, 7) is 12.3. The highest BCUT2D eigenvalue weighted by Gasteiger charge is 2.27. The van der Waals surface area contributed by atoms with Gasteiger partial charge in [0.2, 0.25) is 5.95 Å². The summed E-state index contributed by atoms with van der Waals surface area (Å²) < 4.78 is 20.8. The van der Waals surface area contributed by atoms with Crippen molar-refractivity contribution in [3.05, 3.63) is 60.6 Å². The predicted octanol–water partition coefficient (Wildman–Crippen LogP) is 5.06. The maximum Gasteiger partial charge on any atom is 0.229 e. The molecule has 6 rings (SSSR count). The largest absolute Gasteiger partial charge is 0.494 e. The number of piperazine rings is 1. The first-order chi connectivity index (χ1) is 22.2. The van der Waals surface area contributed by atoms with Crippen molar-refractivity contribution in [1.29, 1.82) is 0 Å². The number of nitrogens with zero attached hydrogens (tertiary/aromatic N) is 6. The van der Waals surface area contributed by atoms with Gasteiger partial charge < -0.3 is 30.2 Å². The second-order valence-corrected chi connectivity index (χ2v) is 15.7. The van der Waals surface area contributed by atoms with Crippen molar-refractivity contribution < 1.29 is 9.30 Å². The molecule has 2 aliphatic heterocycles. The number of ether oxygens (including phenoxy) is 1. The van der Waals surface area contributed by atoms with E-state index in [0.29, 0.717) is 17.8 Å². The highest BCUT2D eigenvalue weighted by molar-refractivity contribution is 7.70. The Bertz CT molecular complexity index is 1700. The monoisotopic (exact) mass is 643 g/mol. The topological polar surface area (TPSA) is 112 Å². The summed E-state index contributed by atoms with van der Waals surface area (Å²) in [4.78, 5) is 14.8. The fourth-order valence-electron chi connectivity index (χ4n) is 6.58. The molecule has 0 bridgehead atoms. The normalized spacial score (nSPS) is 16.4. The molecule has 2 aliphatic rings. The molecule has 0 amide bonds. The van der Waals surface area contributed by atoms with Crippen LogP contribution in [0.25, 0.3) is 11.1 Å². The predicted molar refractivity (Wildman–Crippen MR) is 188 cm³/mol. The molecule has 4 aromatic rings. The third-order valence-corrected chi connectivity index (χ3v) is 10.6. The van der Waals surface area contributed by atoms with Crippen LogP contribution in [0.1, 0.15) is 25.3 Å². The lowest BCUT2D eigenvalue weighted by Crippen LogP contribution is -2.52. The van der Waals surface area contributed by atoms with Crippen LogP contribution >= 0.6 is 7.14 Å². The van der Waals surface area contributed by atoms with Gasteiger partial charge in [-0.1, -0.05) is 19.1 Å². The average Bonchev–Trinajstić information content (AvgIpc) is 3.50. The van der Waals surface area contributed by atoms with Gasteiger partial charge in [0.05, 0.1) is 24.7 Å². The van der Waals surface area contributed by atoms with Crippen LogP contribution in [0.5, 0.6) is 5.75 Å². The first kappa shape index (κ1) is 32.0. The second-order valence-electron chi connectivity index (χ2n) is 12.5. The molecule has 2 fully saturated rings. The molecule has 0 aliphatic carbocycles. The summed E-state index contributed by atoms with van der Waals surface area (Å²) in [6.07, 6.45) is 8.74. The van der Waals surface area contributed by atoms with E-state index < -0.39 is 7.14 Å². The smallest absolute Gasteiger partial charge is 0.229 e. The van der Waals surface area contributed by atoms with Crippen LogP contribution < -0.4 is 30.9 Å². The number of piperidine rings is 1. The Morgan fingerprint density at radius 2 is 1.78 bits per heavy atom. The van der Waals surface area contributed by atoms with Gasteiger partial charge >= 0.3 is 0 Å². The van der Waals surface area contributed by atoms with Gasteiger partial charge in [-0.2, -0.15) is 10.1 Å². The summed E-state index contributed by atoms with van der Waals surface area (Å²) in [5, 5.41) is 15.5. The van der Waals surface area contributed by atoms with E-state index in [2.05, 4.69) is 49.9 Å². The SMILES string of the molecule is CCc1cc(Nc2ncc(-c3cnn(C)c3)c(Nc3ccccc3P(C)(C)=O)n2)c(OC)cc1N1CCC(N2CCNCC2)CC1. The Morgan fingerprint density at radius 3 is 2.46 bits per heavy atom. The zero-order valence-corrected chi connectivity index (χ0v) is 28.5. The molecule has 3 N–H and O–H groups in total. The number of methoxy groups -OCH3 is 1. The van der Waals surface area contributed by atoms with E-state index in [9.17, 15) is 4.57 Å². The highest BCUT2D eigenvalue weighted by Crippen LogP contribution is 2.40. The number of aromatic nitrogens is 4. The molecule has 2 aromatic heterocycles. The van der Waals surface area contributed by atoms with Crippen molar-refractivity contribution in [3.8, 4) is 16.9 Å². The van der Waals surface area contributed by atoms with E-state index in [1.165, 1.54) is 24.1 Å². The third kappa shape index (κ3) is 7.07. The summed E-state index contributed by atoms with van der Waals surface area (Å²) in [6, 6.07) is 12.7. The maximum absolute atomic E-state index is 13.1. The number of anilines is 5. The number of hydrogen-bond donors (Lipinski definition) is 3. The number of aryl methyl sites for hydroxylation is 2. The second kappa shape index (κ2) is 13.8. The van der Waals surface area contributed by atoms with E-state index in [4.69, 9.17) is 14.7 Å². The number of rotatable bonds is 10. The minimum Gasteiger partial charge on any atom is -0.494 e. The molecule has 0 radical (unpaired) electrons. The molecular weight excluding hydrogens is 597 g/mol. The van der Waals surface area contributed by atoms with Crippen molar-refractivity contribution in [2.24, 2.45) is 7.05 Å². The van der Waals surface area contributed by atoms with Crippen LogP contribution in [0, 0.1) is 0 Å². The molecule has 12 heteroatoms. The molecule has 2 saturated heterocycles. The van der Waals surface area contributed by atoms with Crippen molar-refractivity contribution in [1.82, 2.24) is 30.0 Å². The van der Waals surface area contributed by atoms with Crippen LogP contribution in [-0.2, 0) is 18.0 Å². The molecular formula is C34H46N9O2P. The van der Waals surface area contributed by atoms with Crippen LogP contribution in [0.2, 0.25) is 0 Å². The zero-order valence-electron chi connectivity index (χ0n) is 27.6. The lowest BCUT2D eigenvalue weighted by atomic mass is 9.99. The fourth-order valence-corrected chi connectivity index (χ4v) is 7.74. The molecule has 2 aromatic carbocycles. The summed E-state index contributed by atoms with van der Waals surface area (Å²) >= 11 is 0. The van der Waals surface area contributed by atoms with Gasteiger partial charge in [-0.3, -0.25) is 9.58 Å². The van der Waals surface area contributed by atoms with Gasteiger partial charge in [0.1, 0.15) is 18.7 Å². The molecule has 0 saturated carbocycles. The quantitative estimate of drug-likeness (QED) is 0.203. The van der Waals surface area contributed by atoms with Gasteiger partial charge in [-0.15, -0.1) is 0 Å². The van der Waals surface area contributed by atoms with E-state index >= 15 is 0 Å². The highest BCUT2D eigenvalue weighted by atomic mass is 31.2. The number of para-hydroxylation sites is 1. The molecule has 11 nitrogen and oxygen atoms in total. The van der Waals surface area contributed by atoms with E-state index in [-0.39, 0.29) is 0 Å². The fraction of sp³-hybridized carbons (Fsp3) is 0.441. The van der Waals surface area contributed by atoms with E-state index in [1.54, 1.807) is 37.5 Å². The lowest BCUT2D eigenvalue weighted by Gasteiger charge is -2.41. The van der Waals surface area contributed by atoms with Gasteiger partial charge in [-0.25, -0.2) is 4.98 Å². The first-order valence-corrected chi connectivity index (χ1v) is 18.8. The van der Waals surface area contributed by atoms with Crippen molar-refractivity contribution in [2.45, 2.75) is 32.2 Å². The average molecular weight is 644 g/mol. The third-order valence-electron chi connectivity index (χ3n) is 9.04. The standard InChI is InChI=1S/C34H46N9O2P/c1-6-24-19-29(31(45-3)20-30(24)43-15-11-26(12-16-43)42-17-13-35-14-18-42)39-34-36-22-27(25-21-37-41(2)23-25)33(40-34)38-28-9-7-8-10-32(28)46(4,5)44/h7-10,19-23,26,35H,6,11-18H2,1-5H3,(H2,36,38,39,40). The Hall–Kier alpha value is -3.92. The molecule has 0 atom stereocenters. The summed E-state index contributed by atoms with van der Waals surface area (Å²) in [5.74, 6) is 1.76. The minimum atomic E-state index is -2.55. The summed E-state index contributed by atoms with van der Waals surface area (Å²) in [5.41, 5.74) is 5.72. The number of nitrogens with one attached hydrogen (secondary N) is 3. The molecule has 0 unspecified atom stereocenters. The number of hydrogen-bond acceptors (Lipinski definition) is 10. The molecule has 46 heavy (non-hydrogen) atoms. The van der Waals surface area contributed by atoms with Crippen LogP contribution in [0.3, 0.4) is 0 Å².